The van der Waals surface area contributed by atoms with Crippen molar-refractivity contribution < 1.29 is 0 Å². The number of hydrogen-bond acceptors (Lipinski definition) is 3. The molecule has 102 valence electrons. The number of aryl methyl sites for hydroxylation is 2. The van der Waals surface area contributed by atoms with Crippen molar-refractivity contribution in [2.24, 2.45) is 0 Å². The van der Waals surface area contributed by atoms with E-state index in [1.54, 1.807) is 17.1 Å². The van der Waals surface area contributed by atoms with Gasteiger partial charge >= 0.3 is 0 Å². The van der Waals surface area contributed by atoms with Crippen molar-refractivity contribution in [1.82, 2.24) is 20.1 Å². The highest BCUT2D eigenvalue weighted by molar-refractivity contribution is 6.30. The molecule has 0 spiro atoms. The Labute approximate surface area is 118 Å². The number of halogens is 1. The van der Waals surface area contributed by atoms with Gasteiger partial charge in [0, 0.05) is 23.8 Å². The van der Waals surface area contributed by atoms with Crippen LogP contribution in [0.5, 0.6) is 0 Å². The van der Waals surface area contributed by atoms with E-state index in [2.05, 4.69) is 42.2 Å². The molecule has 0 amide bonds. The number of hydrogen-bond donors (Lipinski definition) is 1. The zero-order chi connectivity index (χ0) is 14.0. The Morgan fingerprint density at radius 2 is 2.11 bits per heavy atom. The van der Waals surface area contributed by atoms with Gasteiger partial charge in [-0.05, 0) is 25.5 Å². The summed E-state index contributed by atoms with van der Waals surface area (Å²) >= 11 is 5.94. The van der Waals surface area contributed by atoms with Crippen molar-refractivity contribution in [2.45, 2.75) is 40.3 Å². The van der Waals surface area contributed by atoms with Gasteiger partial charge in [0.2, 0.25) is 0 Å². The van der Waals surface area contributed by atoms with E-state index in [9.17, 15) is 0 Å². The van der Waals surface area contributed by atoms with Crippen LogP contribution in [0.15, 0.2) is 18.5 Å². The van der Waals surface area contributed by atoms with Gasteiger partial charge in [-0.2, -0.15) is 5.10 Å². The first-order valence-corrected chi connectivity index (χ1v) is 6.76. The summed E-state index contributed by atoms with van der Waals surface area (Å²) in [4.78, 5) is 4.60. The minimum atomic E-state index is 0.426. The molecule has 4 nitrogen and oxygen atoms in total. The van der Waals surface area contributed by atoms with Crippen LogP contribution in [0, 0.1) is 13.8 Å². The van der Waals surface area contributed by atoms with Crippen LogP contribution in [-0.2, 0) is 6.54 Å². The molecule has 0 unspecified atom stereocenters. The molecule has 2 rings (SSSR count). The Hall–Kier alpha value is -1.39. The topological polar surface area (TPSA) is 42.7 Å². The highest BCUT2D eigenvalue weighted by atomic mass is 35.5. The minimum Gasteiger partial charge on any atom is -0.310 e. The highest BCUT2D eigenvalue weighted by Gasteiger charge is 2.12. The van der Waals surface area contributed by atoms with Crippen LogP contribution in [0.25, 0.3) is 5.82 Å². The second-order valence-corrected chi connectivity index (χ2v) is 5.46. The highest BCUT2D eigenvalue weighted by Crippen LogP contribution is 2.19. The summed E-state index contributed by atoms with van der Waals surface area (Å²) in [6, 6.07) is 2.51. The Balaban J connectivity index is 2.45. The molecule has 0 aliphatic carbocycles. The third-order valence-corrected chi connectivity index (χ3v) is 3.10. The predicted octanol–water partition coefficient (Wildman–Crippen LogP) is 3.04. The first-order valence-electron chi connectivity index (χ1n) is 6.38. The predicted molar refractivity (Wildman–Crippen MR) is 77.8 cm³/mol. The lowest BCUT2D eigenvalue weighted by Crippen LogP contribution is -2.24. The molecular formula is C14H19ClN4. The van der Waals surface area contributed by atoms with Crippen LogP contribution in [0.2, 0.25) is 5.02 Å². The van der Waals surface area contributed by atoms with E-state index >= 15 is 0 Å². The van der Waals surface area contributed by atoms with Crippen molar-refractivity contribution in [2.75, 3.05) is 0 Å². The van der Waals surface area contributed by atoms with Gasteiger partial charge in [0.15, 0.2) is 5.82 Å². The van der Waals surface area contributed by atoms with Crippen molar-refractivity contribution in [1.29, 1.82) is 0 Å². The number of pyridine rings is 1. The summed E-state index contributed by atoms with van der Waals surface area (Å²) in [5.74, 6) is 0.845. The summed E-state index contributed by atoms with van der Waals surface area (Å²) in [6.45, 7) is 9.11. The van der Waals surface area contributed by atoms with Crippen molar-refractivity contribution in [3.8, 4) is 5.82 Å². The molecule has 0 aliphatic rings. The van der Waals surface area contributed by atoms with Crippen LogP contribution in [-0.4, -0.2) is 20.8 Å². The van der Waals surface area contributed by atoms with Crippen LogP contribution in [0.4, 0.5) is 0 Å². The fourth-order valence-corrected chi connectivity index (χ4v) is 2.11. The molecule has 0 bridgehead atoms. The van der Waals surface area contributed by atoms with Gasteiger partial charge in [-0.15, -0.1) is 0 Å². The van der Waals surface area contributed by atoms with Crippen molar-refractivity contribution in [3.63, 3.8) is 0 Å². The fourth-order valence-electron chi connectivity index (χ4n) is 1.97. The van der Waals surface area contributed by atoms with Crippen LogP contribution in [0.3, 0.4) is 0 Å². The van der Waals surface area contributed by atoms with Crippen molar-refractivity contribution >= 4 is 11.6 Å². The molecule has 19 heavy (non-hydrogen) atoms. The normalized spacial score (nSPS) is 11.3. The van der Waals surface area contributed by atoms with Crippen molar-refractivity contribution in [3.05, 3.63) is 40.3 Å². The second-order valence-electron chi connectivity index (χ2n) is 5.02. The van der Waals surface area contributed by atoms with Crippen LogP contribution >= 0.6 is 11.6 Å². The monoisotopic (exact) mass is 278 g/mol. The maximum atomic E-state index is 5.94. The summed E-state index contributed by atoms with van der Waals surface area (Å²) in [5, 5.41) is 8.29. The first kappa shape index (κ1) is 14.0. The Morgan fingerprint density at radius 3 is 2.68 bits per heavy atom. The number of rotatable bonds is 4. The van der Waals surface area contributed by atoms with E-state index in [0.717, 1.165) is 23.6 Å². The average Bonchev–Trinajstić information content (AvgIpc) is 2.73. The Morgan fingerprint density at radius 1 is 1.37 bits per heavy atom. The molecule has 0 atom stereocenters. The standard InChI is InChI=1S/C14H19ClN4/c1-9(2)16-7-13-10(3)5-11(4)18-14(13)19-8-12(15)6-17-19/h5-6,8-9,16H,7H2,1-4H3. The quantitative estimate of drug-likeness (QED) is 0.935. The van der Waals surface area contributed by atoms with Gasteiger partial charge in [-0.25, -0.2) is 9.67 Å². The Kier molecular flexibility index (Phi) is 4.22. The second kappa shape index (κ2) is 5.72. The lowest BCUT2D eigenvalue weighted by atomic mass is 10.1. The molecule has 2 aromatic heterocycles. The third kappa shape index (κ3) is 3.33. The first-order chi connectivity index (χ1) is 8.97. The largest absolute Gasteiger partial charge is 0.310 e. The van der Waals surface area contributed by atoms with Gasteiger partial charge in [0.25, 0.3) is 0 Å². The third-order valence-electron chi connectivity index (χ3n) is 2.91. The zero-order valence-corrected chi connectivity index (χ0v) is 12.5. The zero-order valence-electron chi connectivity index (χ0n) is 11.7. The van der Waals surface area contributed by atoms with Gasteiger partial charge in [-0.3, -0.25) is 0 Å². The maximum Gasteiger partial charge on any atom is 0.158 e. The van der Waals surface area contributed by atoms with Crippen LogP contribution in [0.1, 0.15) is 30.7 Å². The van der Waals surface area contributed by atoms with Gasteiger partial charge in [0.05, 0.1) is 17.4 Å². The van der Waals surface area contributed by atoms with Gasteiger partial charge in [-0.1, -0.05) is 25.4 Å². The summed E-state index contributed by atoms with van der Waals surface area (Å²) in [6.07, 6.45) is 3.40. The molecule has 0 saturated heterocycles. The molecule has 5 heteroatoms. The molecule has 1 N–H and O–H groups in total. The van der Waals surface area contributed by atoms with E-state index in [0.29, 0.717) is 11.1 Å². The summed E-state index contributed by atoms with van der Waals surface area (Å²) in [7, 11) is 0. The molecule has 2 heterocycles. The van der Waals surface area contributed by atoms with E-state index in [-0.39, 0.29) is 0 Å². The molecule has 0 radical (unpaired) electrons. The number of nitrogens with one attached hydrogen (secondary N) is 1. The molecule has 2 aromatic rings. The van der Waals surface area contributed by atoms with Gasteiger partial charge < -0.3 is 5.32 Å². The van der Waals surface area contributed by atoms with E-state index in [1.165, 1.54) is 5.56 Å². The van der Waals surface area contributed by atoms with E-state index in [4.69, 9.17) is 11.6 Å². The summed E-state index contributed by atoms with van der Waals surface area (Å²) in [5.41, 5.74) is 3.34. The van der Waals surface area contributed by atoms with Crippen LogP contribution < -0.4 is 5.32 Å². The summed E-state index contributed by atoms with van der Waals surface area (Å²) < 4.78 is 1.74. The minimum absolute atomic E-state index is 0.426. The maximum absolute atomic E-state index is 5.94. The fraction of sp³-hybridized carbons (Fsp3) is 0.429. The Bertz CT molecular complexity index is 575. The number of aromatic nitrogens is 3. The molecule has 0 aromatic carbocycles. The molecule has 0 saturated carbocycles. The average molecular weight is 279 g/mol. The lowest BCUT2D eigenvalue weighted by Gasteiger charge is -2.15. The van der Waals surface area contributed by atoms with E-state index < -0.39 is 0 Å². The lowest BCUT2D eigenvalue weighted by molar-refractivity contribution is 0.583. The molecular weight excluding hydrogens is 260 g/mol. The SMILES string of the molecule is Cc1cc(C)c(CNC(C)C)c(-n2cc(Cl)cn2)n1. The van der Waals surface area contributed by atoms with Gasteiger partial charge in [0.1, 0.15) is 0 Å². The van der Waals surface area contributed by atoms with E-state index in [1.807, 2.05) is 6.92 Å². The smallest absolute Gasteiger partial charge is 0.158 e. The molecule has 0 aliphatic heterocycles. The molecule has 0 fully saturated rings. The number of nitrogens with zero attached hydrogens (tertiary/aromatic N) is 3.